The summed E-state index contributed by atoms with van der Waals surface area (Å²) in [4.78, 5) is 5.13. The van der Waals surface area contributed by atoms with Crippen LogP contribution in [-0.4, -0.2) is 73.9 Å². The van der Waals surface area contributed by atoms with E-state index in [1.807, 2.05) is 0 Å². The molecule has 1 N–H and O–H groups in total. The van der Waals surface area contributed by atoms with E-state index in [4.69, 9.17) is 4.74 Å². The van der Waals surface area contributed by atoms with E-state index in [9.17, 15) is 0 Å². The highest BCUT2D eigenvalue weighted by atomic mass is 16.5. The van der Waals surface area contributed by atoms with Crippen molar-refractivity contribution in [1.29, 1.82) is 0 Å². The average molecular weight is 255 g/mol. The van der Waals surface area contributed by atoms with Crippen LogP contribution >= 0.6 is 0 Å². The quantitative estimate of drug-likeness (QED) is 0.786. The van der Waals surface area contributed by atoms with Gasteiger partial charge in [0.1, 0.15) is 0 Å². The van der Waals surface area contributed by atoms with Crippen LogP contribution in [0.25, 0.3) is 0 Å². The Balaban J connectivity index is 1.82. The summed E-state index contributed by atoms with van der Waals surface area (Å²) >= 11 is 0. The van der Waals surface area contributed by atoms with Gasteiger partial charge < -0.3 is 10.1 Å². The molecule has 2 rings (SSSR count). The number of likely N-dealkylation sites (N-methyl/N-ethyl adjacent to an activating group) is 1. The molecular weight excluding hydrogens is 226 g/mol. The maximum atomic E-state index is 5.95. The van der Waals surface area contributed by atoms with Crippen LogP contribution in [0.15, 0.2) is 0 Å². The van der Waals surface area contributed by atoms with Gasteiger partial charge in [-0.2, -0.15) is 0 Å². The molecule has 2 saturated heterocycles. The van der Waals surface area contributed by atoms with Crippen molar-refractivity contribution in [1.82, 2.24) is 15.1 Å². The largest absolute Gasteiger partial charge is 0.374 e. The second kappa shape index (κ2) is 6.85. The summed E-state index contributed by atoms with van der Waals surface area (Å²) in [6.07, 6.45) is 1.68. The lowest BCUT2D eigenvalue weighted by molar-refractivity contribution is -0.0554. The Kier molecular flexibility index (Phi) is 5.42. The second-order valence-corrected chi connectivity index (χ2v) is 5.82. The van der Waals surface area contributed by atoms with Crippen molar-refractivity contribution in [3.05, 3.63) is 0 Å². The van der Waals surface area contributed by atoms with Crippen LogP contribution in [0.4, 0.5) is 0 Å². The number of hydrogen-bond donors (Lipinski definition) is 1. The maximum absolute atomic E-state index is 5.95. The van der Waals surface area contributed by atoms with Gasteiger partial charge in [0, 0.05) is 38.3 Å². The molecule has 0 spiro atoms. The Morgan fingerprint density at radius 1 is 1.44 bits per heavy atom. The van der Waals surface area contributed by atoms with Crippen LogP contribution in [0.5, 0.6) is 0 Å². The van der Waals surface area contributed by atoms with Gasteiger partial charge in [0.15, 0.2) is 0 Å². The molecule has 4 nitrogen and oxygen atoms in total. The van der Waals surface area contributed by atoms with Crippen molar-refractivity contribution in [2.24, 2.45) is 0 Å². The van der Waals surface area contributed by atoms with Crippen LogP contribution in [-0.2, 0) is 4.74 Å². The highest BCUT2D eigenvalue weighted by molar-refractivity contribution is 4.84. The first kappa shape index (κ1) is 14.3. The molecule has 0 radical (unpaired) electrons. The molecule has 2 aliphatic heterocycles. The Labute approximate surface area is 112 Å². The maximum Gasteiger partial charge on any atom is 0.0829 e. The third-order valence-electron chi connectivity index (χ3n) is 4.30. The number of rotatable bonds is 5. The second-order valence-electron chi connectivity index (χ2n) is 5.82. The molecule has 2 aliphatic rings. The van der Waals surface area contributed by atoms with Crippen molar-refractivity contribution in [3.8, 4) is 0 Å². The average Bonchev–Trinajstić information content (AvgIpc) is 2.90. The van der Waals surface area contributed by atoms with Crippen molar-refractivity contribution in [2.75, 3.05) is 45.9 Å². The van der Waals surface area contributed by atoms with E-state index in [2.05, 4.69) is 35.9 Å². The molecule has 0 aromatic rings. The molecule has 0 aromatic carbocycles. The molecule has 0 aromatic heterocycles. The fourth-order valence-corrected chi connectivity index (χ4v) is 3.07. The minimum atomic E-state index is 0.390. The Morgan fingerprint density at radius 3 is 2.89 bits per heavy atom. The molecule has 0 amide bonds. The summed E-state index contributed by atoms with van der Waals surface area (Å²) in [5.41, 5.74) is 0. The molecule has 2 fully saturated rings. The first-order valence-corrected chi connectivity index (χ1v) is 7.51. The van der Waals surface area contributed by atoms with Gasteiger partial charge in [-0.1, -0.05) is 6.92 Å². The summed E-state index contributed by atoms with van der Waals surface area (Å²) in [7, 11) is 0. The van der Waals surface area contributed by atoms with Gasteiger partial charge in [-0.15, -0.1) is 0 Å². The van der Waals surface area contributed by atoms with Gasteiger partial charge in [0.25, 0.3) is 0 Å². The Hall–Kier alpha value is -0.160. The van der Waals surface area contributed by atoms with E-state index in [1.54, 1.807) is 0 Å². The fourth-order valence-electron chi connectivity index (χ4n) is 3.07. The lowest BCUT2D eigenvalue weighted by Crippen LogP contribution is -2.51. The highest BCUT2D eigenvalue weighted by Gasteiger charge is 2.27. The molecule has 0 bridgehead atoms. The molecule has 4 heteroatoms. The van der Waals surface area contributed by atoms with Gasteiger partial charge >= 0.3 is 0 Å². The van der Waals surface area contributed by atoms with Gasteiger partial charge in [-0.05, 0) is 33.4 Å². The van der Waals surface area contributed by atoms with E-state index < -0.39 is 0 Å². The van der Waals surface area contributed by atoms with E-state index in [0.29, 0.717) is 18.2 Å². The lowest BCUT2D eigenvalue weighted by atomic mass is 10.1. The van der Waals surface area contributed by atoms with Crippen LogP contribution in [0.1, 0.15) is 27.2 Å². The molecule has 0 saturated carbocycles. The summed E-state index contributed by atoms with van der Waals surface area (Å²) in [5, 5.41) is 3.46. The molecule has 18 heavy (non-hydrogen) atoms. The summed E-state index contributed by atoms with van der Waals surface area (Å²) in [6.45, 7) is 14.4. The Bertz CT molecular complexity index is 241. The van der Waals surface area contributed by atoms with Crippen LogP contribution in [0.2, 0.25) is 0 Å². The van der Waals surface area contributed by atoms with E-state index >= 15 is 0 Å². The van der Waals surface area contributed by atoms with E-state index in [1.165, 1.54) is 13.0 Å². The van der Waals surface area contributed by atoms with Gasteiger partial charge in [0.2, 0.25) is 0 Å². The minimum absolute atomic E-state index is 0.390. The van der Waals surface area contributed by atoms with Crippen molar-refractivity contribution in [3.63, 3.8) is 0 Å². The van der Waals surface area contributed by atoms with E-state index in [-0.39, 0.29) is 0 Å². The number of nitrogens with zero attached hydrogens (tertiary/aromatic N) is 2. The first-order valence-electron chi connectivity index (χ1n) is 7.51. The number of ether oxygens (including phenoxy) is 1. The fraction of sp³-hybridized carbons (Fsp3) is 1.00. The smallest absolute Gasteiger partial charge is 0.0829 e. The van der Waals surface area contributed by atoms with Crippen LogP contribution in [0, 0.1) is 0 Å². The molecule has 0 aliphatic carbocycles. The summed E-state index contributed by atoms with van der Waals surface area (Å²) < 4.78 is 5.95. The molecule has 2 atom stereocenters. The summed E-state index contributed by atoms with van der Waals surface area (Å²) in [5.74, 6) is 0. The van der Waals surface area contributed by atoms with Gasteiger partial charge in [0.05, 0.1) is 12.7 Å². The Morgan fingerprint density at radius 2 is 2.28 bits per heavy atom. The predicted octanol–water partition coefficient (Wildman–Crippen LogP) is 0.779. The standard InChI is InChI=1S/C14H29N3O/c1-4-16(13-5-6-15-9-13)10-14-11-17(12(2)3)7-8-18-14/h12-15H,4-11H2,1-3H3. The molecule has 2 unspecified atom stereocenters. The number of morpholine rings is 1. The third-order valence-corrected chi connectivity index (χ3v) is 4.30. The third kappa shape index (κ3) is 3.67. The van der Waals surface area contributed by atoms with Crippen LogP contribution < -0.4 is 5.32 Å². The first-order chi connectivity index (χ1) is 8.70. The summed E-state index contributed by atoms with van der Waals surface area (Å²) in [6, 6.07) is 1.35. The van der Waals surface area contributed by atoms with E-state index in [0.717, 1.165) is 39.3 Å². The van der Waals surface area contributed by atoms with Crippen molar-refractivity contribution < 1.29 is 4.74 Å². The molecule has 106 valence electrons. The van der Waals surface area contributed by atoms with Crippen molar-refractivity contribution in [2.45, 2.75) is 45.4 Å². The van der Waals surface area contributed by atoms with Crippen LogP contribution in [0.3, 0.4) is 0 Å². The lowest BCUT2D eigenvalue weighted by Gasteiger charge is -2.38. The molecule has 2 heterocycles. The monoisotopic (exact) mass is 255 g/mol. The predicted molar refractivity (Wildman–Crippen MR) is 75.0 cm³/mol. The van der Waals surface area contributed by atoms with Crippen molar-refractivity contribution >= 4 is 0 Å². The topological polar surface area (TPSA) is 27.7 Å². The number of hydrogen-bond acceptors (Lipinski definition) is 4. The number of nitrogens with one attached hydrogen (secondary N) is 1. The SMILES string of the molecule is CCN(CC1CN(C(C)C)CCO1)C1CCNC1. The zero-order chi connectivity index (χ0) is 13.0. The zero-order valence-electron chi connectivity index (χ0n) is 12.2. The normalized spacial score (nSPS) is 30.5. The van der Waals surface area contributed by atoms with Gasteiger partial charge in [-0.3, -0.25) is 9.80 Å². The minimum Gasteiger partial charge on any atom is -0.374 e. The highest BCUT2D eigenvalue weighted by Crippen LogP contribution is 2.14. The zero-order valence-corrected chi connectivity index (χ0v) is 12.2. The molecular formula is C14H29N3O. The van der Waals surface area contributed by atoms with Gasteiger partial charge in [-0.25, -0.2) is 0 Å².